The van der Waals surface area contributed by atoms with Crippen LogP contribution in [0.5, 0.6) is 0 Å². The molecule has 2 aliphatic heterocycles. The van der Waals surface area contributed by atoms with Gasteiger partial charge in [0, 0.05) is 50.7 Å². The maximum Gasteiger partial charge on any atom is 0.224 e. The molecule has 122 valence electrons. The molecule has 6 nitrogen and oxygen atoms in total. The van der Waals surface area contributed by atoms with Crippen LogP contribution in [-0.2, 0) is 16.0 Å². The van der Waals surface area contributed by atoms with Crippen molar-refractivity contribution in [3.05, 3.63) is 18.2 Å². The first-order chi connectivity index (χ1) is 10.8. The molecule has 1 aromatic rings. The van der Waals surface area contributed by atoms with Crippen molar-refractivity contribution in [1.29, 1.82) is 0 Å². The van der Waals surface area contributed by atoms with Crippen molar-refractivity contribution in [2.24, 2.45) is 5.92 Å². The number of nitrogens with zero attached hydrogens (tertiary/aromatic N) is 2. The second-order valence-corrected chi connectivity index (χ2v) is 6.30. The topological polar surface area (TPSA) is 70.2 Å². The Labute approximate surface area is 131 Å². The summed E-state index contributed by atoms with van der Waals surface area (Å²) in [5, 5.41) is 3.08. The van der Waals surface area contributed by atoms with E-state index in [0.29, 0.717) is 12.6 Å². The summed E-state index contributed by atoms with van der Waals surface area (Å²) in [7, 11) is 0. The lowest BCUT2D eigenvalue weighted by Crippen LogP contribution is -2.48. The number of nitrogens with one attached hydrogen (secondary N) is 2. The van der Waals surface area contributed by atoms with Gasteiger partial charge < -0.3 is 15.0 Å². The van der Waals surface area contributed by atoms with Crippen LogP contribution in [-0.4, -0.2) is 59.7 Å². The number of amides is 1. The zero-order valence-corrected chi connectivity index (χ0v) is 13.1. The normalized spacial score (nSPS) is 24.3. The summed E-state index contributed by atoms with van der Waals surface area (Å²) in [5.41, 5.74) is 1.06. The van der Waals surface area contributed by atoms with Crippen molar-refractivity contribution < 1.29 is 9.53 Å². The molecule has 0 spiro atoms. The van der Waals surface area contributed by atoms with E-state index in [0.717, 1.165) is 64.1 Å². The van der Waals surface area contributed by atoms with Gasteiger partial charge in [0.05, 0.1) is 12.2 Å². The minimum Gasteiger partial charge on any atom is -0.381 e. The quantitative estimate of drug-likeness (QED) is 0.850. The van der Waals surface area contributed by atoms with Crippen molar-refractivity contribution >= 4 is 5.91 Å². The molecular weight excluding hydrogens is 280 g/mol. The van der Waals surface area contributed by atoms with Crippen molar-refractivity contribution in [2.45, 2.75) is 38.1 Å². The lowest BCUT2D eigenvalue weighted by Gasteiger charge is -2.39. The van der Waals surface area contributed by atoms with Crippen LogP contribution in [0.1, 0.15) is 31.4 Å². The summed E-state index contributed by atoms with van der Waals surface area (Å²) in [6.45, 7) is 4.43. The Kier molecular flexibility index (Phi) is 5.45. The van der Waals surface area contributed by atoms with Crippen LogP contribution in [0.15, 0.2) is 12.5 Å². The summed E-state index contributed by atoms with van der Waals surface area (Å²) < 4.78 is 5.44. The fraction of sp³-hybridized carbons (Fsp3) is 0.750. The van der Waals surface area contributed by atoms with Gasteiger partial charge in [0.2, 0.25) is 5.91 Å². The molecule has 0 bridgehead atoms. The van der Waals surface area contributed by atoms with Crippen LogP contribution in [0.4, 0.5) is 0 Å². The number of ether oxygens (including phenoxy) is 1. The first-order valence-corrected chi connectivity index (χ1v) is 8.39. The second kappa shape index (κ2) is 7.74. The monoisotopic (exact) mass is 306 g/mol. The predicted octanol–water partition coefficient (Wildman–Crippen LogP) is 0.959. The molecule has 0 aromatic carbocycles. The van der Waals surface area contributed by atoms with E-state index >= 15 is 0 Å². The Morgan fingerprint density at radius 3 is 3.05 bits per heavy atom. The van der Waals surface area contributed by atoms with Crippen molar-refractivity contribution in [1.82, 2.24) is 20.2 Å². The van der Waals surface area contributed by atoms with Gasteiger partial charge in [-0.2, -0.15) is 0 Å². The van der Waals surface area contributed by atoms with E-state index in [-0.39, 0.29) is 11.8 Å². The Bertz CT molecular complexity index is 457. The van der Waals surface area contributed by atoms with Crippen LogP contribution < -0.4 is 5.32 Å². The van der Waals surface area contributed by atoms with Gasteiger partial charge in [-0.05, 0) is 32.2 Å². The third kappa shape index (κ3) is 4.08. The molecule has 22 heavy (non-hydrogen) atoms. The van der Waals surface area contributed by atoms with Gasteiger partial charge in [0.1, 0.15) is 0 Å². The molecule has 0 radical (unpaired) electrons. The second-order valence-electron chi connectivity index (χ2n) is 6.30. The summed E-state index contributed by atoms with van der Waals surface area (Å²) >= 11 is 0. The number of carbonyl (C=O) groups excluding carboxylic acids is 1. The van der Waals surface area contributed by atoms with Gasteiger partial charge in [-0.3, -0.25) is 9.69 Å². The lowest BCUT2D eigenvalue weighted by molar-refractivity contribution is -0.127. The first-order valence-electron chi connectivity index (χ1n) is 8.39. The average Bonchev–Trinajstić information content (AvgIpc) is 3.09. The van der Waals surface area contributed by atoms with E-state index in [1.807, 2.05) is 0 Å². The number of imidazole rings is 1. The van der Waals surface area contributed by atoms with E-state index in [4.69, 9.17) is 4.74 Å². The molecule has 2 N–H and O–H groups in total. The third-order valence-electron chi connectivity index (χ3n) is 4.78. The lowest BCUT2D eigenvalue weighted by atomic mass is 9.94. The number of carbonyl (C=O) groups is 1. The molecule has 0 aliphatic carbocycles. The molecule has 2 fully saturated rings. The smallest absolute Gasteiger partial charge is 0.224 e. The predicted molar refractivity (Wildman–Crippen MR) is 83.4 cm³/mol. The zero-order valence-electron chi connectivity index (χ0n) is 13.1. The summed E-state index contributed by atoms with van der Waals surface area (Å²) in [5.74, 6) is 0.342. The number of piperidine rings is 1. The Morgan fingerprint density at radius 1 is 1.41 bits per heavy atom. The van der Waals surface area contributed by atoms with Gasteiger partial charge >= 0.3 is 0 Å². The van der Waals surface area contributed by atoms with E-state index < -0.39 is 0 Å². The molecule has 2 saturated heterocycles. The highest BCUT2D eigenvalue weighted by Crippen LogP contribution is 2.23. The molecule has 0 saturated carbocycles. The number of rotatable bonds is 5. The molecule has 2 aliphatic rings. The molecule has 0 unspecified atom stereocenters. The van der Waals surface area contributed by atoms with Gasteiger partial charge in [-0.25, -0.2) is 4.98 Å². The van der Waals surface area contributed by atoms with E-state index in [1.165, 1.54) is 0 Å². The van der Waals surface area contributed by atoms with Crippen molar-refractivity contribution in [3.8, 4) is 0 Å². The highest BCUT2D eigenvalue weighted by Gasteiger charge is 2.30. The van der Waals surface area contributed by atoms with Gasteiger partial charge in [0.25, 0.3) is 0 Å². The SMILES string of the molecule is O=C(NCCc1cnc[nH]1)[C@@H]1CCCN(C2CCOCC2)C1. The molecular formula is C16H26N4O2. The van der Waals surface area contributed by atoms with Gasteiger partial charge in [-0.1, -0.05) is 0 Å². The maximum absolute atomic E-state index is 12.4. The van der Waals surface area contributed by atoms with Crippen LogP contribution in [0.2, 0.25) is 0 Å². The standard InChI is InChI=1S/C16H26N4O2/c21-16(18-6-3-14-10-17-12-19-14)13-2-1-7-20(11-13)15-4-8-22-9-5-15/h10,12-13,15H,1-9,11H2,(H,17,19)(H,18,21)/t13-/m1/s1. The third-order valence-corrected chi connectivity index (χ3v) is 4.78. The molecule has 6 heteroatoms. The van der Waals surface area contributed by atoms with Crippen molar-refractivity contribution in [3.63, 3.8) is 0 Å². The zero-order chi connectivity index (χ0) is 15.2. The highest BCUT2D eigenvalue weighted by atomic mass is 16.5. The van der Waals surface area contributed by atoms with Crippen molar-refractivity contribution in [2.75, 3.05) is 32.8 Å². The minimum absolute atomic E-state index is 0.137. The number of hydrogen-bond donors (Lipinski definition) is 2. The van der Waals surface area contributed by atoms with E-state index in [9.17, 15) is 4.79 Å². The molecule has 3 rings (SSSR count). The van der Waals surface area contributed by atoms with Gasteiger partial charge in [0.15, 0.2) is 0 Å². The van der Waals surface area contributed by atoms with Crippen LogP contribution in [0.3, 0.4) is 0 Å². The molecule has 1 atom stereocenters. The highest BCUT2D eigenvalue weighted by molar-refractivity contribution is 5.78. The number of likely N-dealkylation sites (tertiary alicyclic amines) is 1. The molecule has 3 heterocycles. The van der Waals surface area contributed by atoms with E-state index in [1.54, 1.807) is 12.5 Å². The summed E-state index contributed by atoms with van der Waals surface area (Å²) in [6, 6.07) is 0.606. The van der Waals surface area contributed by atoms with Crippen LogP contribution in [0, 0.1) is 5.92 Å². The summed E-state index contributed by atoms with van der Waals surface area (Å²) in [4.78, 5) is 21.9. The molecule has 1 aromatic heterocycles. The summed E-state index contributed by atoms with van der Waals surface area (Å²) in [6.07, 6.45) is 8.62. The van der Waals surface area contributed by atoms with Crippen LogP contribution in [0.25, 0.3) is 0 Å². The fourth-order valence-corrected chi connectivity index (χ4v) is 3.49. The average molecular weight is 306 g/mol. The number of aromatic amines is 1. The number of aromatic nitrogens is 2. The Balaban J connectivity index is 1.43. The Hall–Kier alpha value is -1.40. The fourth-order valence-electron chi connectivity index (χ4n) is 3.49. The van der Waals surface area contributed by atoms with Crippen LogP contribution >= 0.6 is 0 Å². The Morgan fingerprint density at radius 2 is 2.27 bits per heavy atom. The number of H-pyrrole nitrogens is 1. The van der Waals surface area contributed by atoms with E-state index in [2.05, 4.69) is 20.2 Å². The maximum atomic E-state index is 12.4. The number of hydrogen-bond acceptors (Lipinski definition) is 4. The first kappa shape index (κ1) is 15.5. The van der Waals surface area contributed by atoms with Gasteiger partial charge in [-0.15, -0.1) is 0 Å². The molecule has 1 amide bonds. The largest absolute Gasteiger partial charge is 0.381 e. The minimum atomic E-state index is 0.137.